The summed E-state index contributed by atoms with van der Waals surface area (Å²) in [6.07, 6.45) is 6.00. The molecule has 0 N–H and O–H groups in total. The quantitative estimate of drug-likeness (QED) is 0.421. The monoisotopic (exact) mass is 529 g/mol. The number of hydrogen-bond donors (Lipinski definition) is 0. The second kappa shape index (κ2) is 11.9. The molecule has 2 aliphatic rings. The number of fused-ring (bicyclic) bond motifs is 1. The first kappa shape index (κ1) is 26.2. The molecule has 0 aromatic carbocycles. The molecule has 1 fully saturated rings. The van der Waals surface area contributed by atoms with Gasteiger partial charge in [-0.2, -0.15) is 13.2 Å². The highest BCUT2D eigenvalue weighted by Crippen LogP contribution is 2.30. The predicted octanol–water partition coefficient (Wildman–Crippen LogP) is 5.11. The smallest absolute Gasteiger partial charge is 0.422 e. The van der Waals surface area contributed by atoms with Gasteiger partial charge in [-0.25, -0.2) is 9.97 Å². The Balaban J connectivity index is 1.13. The second-order valence-electron chi connectivity index (χ2n) is 9.07. The van der Waals surface area contributed by atoms with Crippen LogP contribution >= 0.6 is 22.7 Å². The van der Waals surface area contributed by atoms with Gasteiger partial charge in [-0.05, 0) is 50.7 Å². The third-order valence-corrected chi connectivity index (χ3v) is 8.18. The molecule has 0 saturated carbocycles. The van der Waals surface area contributed by atoms with Gasteiger partial charge in [-0.3, -0.25) is 4.79 Å². The highest BCUT2D eigenvalue weighted by Gasteiger charge is 2.30. The summed E-state index contributed by atoms with van der Waals surface area (Å²) in [6, 6.07) is 0. The fourth-order valence-electron chi connectivity index (χ4n) is 4.37. The summed E-state index contributed by atoms with van der Waals surface area (Å²) in [6.45, 7) is 3.85. The Bertz CT molecular complexity index is 988. The summed E-state index contributed by atoms with van der Waals surface area (Å²) in [5.41, 5.74) is 0.857. The van der Waals surface area contributed by atoms with Crippen molar-refractivity contribution in [3.05, 3.63) is 32.7 Å². The lowest BCUT2D eigenvalue weighted by Crippen LogP contribution is -2.33. The van der Waals surface area contributed by atoms with Crippen LogP contribution in [0.25, 0.3) is 6.08 Å². The molecule has 0 radical (unpaired) electrons. The number of aromatic nitrogens is 2. The van der Waals surface area contributed by atoms with E-state index in [0.717, 1.165) is 65.8 Å². The number of carbonyl (C=O) groups excluding carboxylic acids is 1. The van der Waals surface area contributed by atoms with E-state index in [-0.39, 0.29) is 23.0 Å². The van der Waals surface area contributed by atoms with Crippen molar-refractivity contribution in [2.45, 2.75) is 57.7 Å². The van der Waals surface area contributed by atoms with Gasteiger partial charge in [0.2, 0.25) is 0 Å². The normalized spacial score (nSPS) is 21.7. The Morgan fingerprint density at radius 1 is 1.29 bits per heavy atom. The van der Waals surface area contributed by atoms with Crippen molar-refractivity contribution < 1.29 is 27.4 Å². The van der Waals surface area contributed by atoms with Crippen molar-refractivity contribution in [1.29, 1.82) is 0 Å². The molecule has 2 atom stereocenters. The van der Waals surface area contributed by atoms with Gasteiger partial charge in [0.1, 0.15) is 0 Å². The number of ketones is 1. The van der Waals surface area contributed by atoms with Crippen molar-refractivity contribution in [2.75, 3.05) is 32.8 Å². The first-order chi connectivity index (χ1) is 16.7. The largest absolute Gasteiger partial charge is 0.460 e. The van der Waals surface area contributed by atoms with Gasteiger partial charge < -0.3 is 14.4 Å². The van der Waals surface area contributed by atoms with Crippen molar-refractivity contribution in [1.82, 2.24) is 14.9 Å². The van der Waals surface area contributed by atoms with E-state index in [2.05, 4.69) is 14.9 Å². The molecule has 4 heterocycles. The SMILES string of the molecule is Cc1ncc(/C=C/C(=O)C[C@H]2CC[C@H](CCN3CCc4nc(OCC(F)(F)F)sc4CC3)OC2)s1. The van der Waals surface area contributed by atoms with Gasteiger partial charge >= 0.3 is 6.18 Å². The van der Waals surface area contributed by atoms with Crippen LogP contribution in [0.5, 0.6) is 5.19 Å². The van der Waals surface area contributed by atoms with Crippen molar-refractivity contribution in [3.63, 3.8) is 0 Å². The van der Waals surface area contributed by atoms with Gasteiger partial charge in [-0.1, -0.05) is 11.3 Å². The van der Waals surface area contributed by atoms with E-state index in [1.807, 2.05) is 13.0 Å². The summed E-state index contributed by atoms with van der Waals surface area (Å²) in [5, 5.41) is 1.10. The molecule has 0 spiro atoms. The first-order valence-corrected chi connectivity index (χ1v) is 13.5. The fourth-order valence-corrected chi connectivity index (χ4v) is 6.00. The van der Waals surface area contributed by atoms with Gasteiger partial charge in [0, 0.05) is 48.4 Å². The Morgan fingerprint density at radius 3 is 2.83 bits per heavy atom. The van der Waals surface area contributed by atoms with E-state index < -0.39 is 12.8 Å². The minimum Gasteiger partial charge on any atom is -0.460 e. The molecular weight excluding hydrogens is 499 g/mol. The highest BCUT2D eigenvalue weighted by atomic mass is 32.1. The number of aryl methyl sites for hydroxylation is 1. The lowest BCUT2D eigenvalue weighted by atomic mass is 9.92. The number of nitrogens with zero attached hydrogens (tertiary/aromatic N) is 3. The fraction of sp³-hybridized carbons (Fsp3) is 0.625. The number of allylic oxidation sites excluding steroid dienone is 1. The van der Waals surface area contributed by atoms with Crippen molar-refractivity contribution in [3.8, 4) is 5.19 Å². The van der Waals surface area contributed by atoms with Crippen LogP contribution in [0.15, 0.2) is 12.3 Å². The zero-order valence-corrected chi connectivity index (χ0v) is 21.3. The number of rotatable bonds is 9. The summed E-state index contributed by atoms with van der Waals surface area (Å²) >= 11 is 2.80. The first-order valence-electron chi connectivity index (χ1n) is 11.9. The van der Waals surface area contributed by atoms with E-state index in [1.54, 1.807) is 23.6 Å². The molecular formula is C24H30F3N3O3S2. The molecule has 0 amide bonds. The molecule has 192 valence electrons. The van der Waals surface area contributed by atoms with Gasteiger partial charge in [0.25, 0.3) is 5.19 Å². The van der Waals surface area contributed by atoms with Crippen molar-refractivity contribution in [2.24, 2.45) is 5.92 Å². The number of alkyl halides is 3. The molecule has 35 heavy (non-hydrogen) atoms. The average Bonchev–Trinajstić information content (AvgIpc) is 3.36. The number of hydrogen-bond acceptors (Lipinski definition) is 8. The Hall–Kier alpha value is -1.82. The van der Waals surface area contributed by atoms with Crippen LogP contribution in [0.4, 0.5) is 13.2 Å². The van der Waals surface area contributed by atoms with Crippen LogP contribution in [-0.4, -0.2) is 65.8 Å². The van der Waals surface area contributed by atoms with Crippen molar-refractivity contribution >= 4 is 34.5 Å². The molecule has 6 nitrogen and oxygen atoms in total. The number of ether oxygens (including phenoxy) is 2. The van der Waals surface area contributed by atoms with E-state index >= 15 is 0 Å². The minimum absolute atomic E-state index is 0.110. The van der Waals surface area contributed by atoms with E-state index in [0.29, 0.717) is 19.4 Å². The second-order valence-corrected chi connectivity index (χ2v) is 11.4. The number of carbonyl (C=O) groups is 1. The lowest BCUT2D eigenvalue weighted by Gasteiger charge is -2.30. The van der Waals surface area contributed by atoms with E-state index in [1.165, 1.54) is 11.3 Å². The van der Waals surface area contributed by atoms with Gasteiger partial charge in [-0.15, -0.1) is 11.3 Å². The van der Waals surface area contributed by atoms with E-state index in [9.17, 15) is 18.0 Å². The molecule has 0 aliphatic carbocycles. The highest BCUT2D eigenvalue weighted by molar-refractivity contribution is 7.13. The third kappa shape index (κ3) is 8.37. The van der Waals surface area contributed by atoms with Crippen LogP contribution in [-0.2, 0) is 22.4 Å². The maximum Gasteiger partial charge on any atom is 0.422 e. The molecule has 1 saturated heterocycles. The third-order valence-electron chi connectivity index (χ3n) is 6.23. The van der Waals surface area contributed by atoms with Crippen LogP contribution in [0.1, 0.15) is 46.1 Å². The van der Waals surface area contributed by atoms with Gasteiger partial charge in [0.05, 0.1) is 23.4 Å². The summed E-state index contributed by atoms with van der Waals surface area (Å²) in [4.78, 5) is 25.1. The summed E-state index contributed by atoms with van der Waals surface area (Å²) in [5.74, 6) is 0.390. The molecule has 2 aliphatic heterocycles. The maximum atomic E-state index is 12.4. The Labute approximate surface area is 211 Å². The lowest BCUT2D eigenvalue weighted by molar-refractivity contribution is -0.153. The molecule has 11 heteroatoms. The summed E-state index contributed by atoms with van der Waals surface area (Å²) < 4.78 is 48.0. The molecule has 2 aromatic rings. The maximum absolute atomic E-state index is 12.4. The summed E-state index contributed by atoms with van der Waals surface area (Å²) in [7, 11) is 0. The van der Waals surface area contributed by atoms with Gasteiger partial charge in [0.15, 0.2) is 12.4 Å². The topological polar surface area (TPSA) is 64.6 Å². The predicted molar refractivity (Wildman–Crippen MR) is 130 cm³/mol. The van der Waals surface area contributed by atoms with Crippen LogP contribution in [0.2, 0.25) is 0 Å². The number of thiazole rings is 2. The minimum atomic E-state index is -4.35. The Kier molecular flexibility index (Phi) is 8.96. The molecule has 2 aromatic heterocycles. The molecule has 0 unspecified atom stereocenters. The van der Waals surface area contributed by atoms with Crippen LogP contribution in [0, 0.1) is 12.8 Å². The standard InChI is InChI=1S/C24H30F3N3O3S2/c1-16-28-13-20(34-16)5-3-18(31)12-17-2-4-19(32-14-17)6-9-30-10-7-21-22(8-11-30)35-23(29-21)33-15-24(25,26)27/h3,5,13,17,19H,2,4,6-12,14-15H2,1H3/b5-3+/t17-,19-/m1/s1. The van der Waals surface area contributed by atoms with Crippen LogP contribution < -0.4 is 4.74 Å². The zero-order chi connectivity index (χ0) is 24.8. The average molecular weight is 530 g/mol. The van der Waals surface area contributed by atoms with E-state index in [4.69, 9.17) is 9.47 Å². The zero-order valence-electron chi connectivity index (χ0n) is 19.7. The molecule has 4 rings (SSSR count). The van der Waals surface area contributed by atoms with Crippen LogP contribution in [0.3, 0.4) is 0 Å². The number of halogens is 3. The molecule has 0 bridgehead atoms. The Morgan fingerprint density at radius 2 is 2.11 bits per heavy atom.